The molecule has 1 atom stereocenters. The van der Waals surface area contributed by atoms with E-state index in [0.717, 1.165) is 0 Å². The van der Waals surface area contributed by atoms with Crippen LogP contribution in [-0.4, -0.2) is 25.9 Å². The highest BCUT2D eigenvalue weighted by Crippen LogP contribution is 2.34. The number of nitro groups is 1. The predicted molar refractivity (Wildman–Crippen MR) is 125 cm³/mol. The fourth-order valence-electron chi connectivity index (χ4n) is 2.09. The number of benzene rings is 2. The molecule has 0 saturated carbocycles. The summed E-state index contributed by atoms with van der Waals surface area (Å²) in [5.41, 5.74) is 0.180. The molecule has 0 aliphatic carbocycles. The summed E-state index contributed by atoms with van der Waals surface area (Å²) >= 11 is 41.0. The first-order valence-corrected chi connectivity index (χ1v) is 10.4. The Balaban J connectivity index is 2.13. The van der Waals surface area contributed by atoms with Crippen LogP contribution in [0.4, 0.5) is 11.4 Å². The Morgan fingerprint density at radius 2 is 1.57 bits per heavy atom. The van der Waals surface area contributed by atoms with Crippen molar-refractivity contribution in [3.63, 3.8) is 0 Å². The van der Waals surface area contributed by atoms with Crippen LogP contribution in [0.15, 0.2) is 36.4 Å². The zero-order valence-electron chi connectivity index (χ0n) is 14.4. The van der Waals surface area contributed by atoms with E-state index >= 15 is 0 Å². The van der Waals surface area contributed by atoms with Gasteiger partial charge in [-0.2, -0.15) is 0 Å². The minimum atomic E-state index is -2.02. The van der Waals surface area contributed by atoms with Crippen LogP contribution >= 0.6 is 81.8 Å². The summed E-state index contributed by atoms with van der Waals surface area (Å²) in [6.45, 7) is 0. The van der Waals surface area contributed by atoms with Crippen molar-refractivity contribution in [2.75, 3.05) is 5.32 Å². The molecule has 0 heterocycles. The second kappa shape index (κ2) is 10.4. The summed E-state index contributed by atoms with van der Waals surface area (Å²) in [5.74, 6) is -0.668. The third-order valence-electron chi connectivity index (χ3n) is 3.46. The summed E-state index contributed by atoms with van der Waals surface area (Å²) in [7, 11) is 0. The summed E-state index contributed by atoms with van der Waals surface area (Å²) < 4.78 is -2.02. The Morgan fingerprint density at radius 3 is 2.03 bits per heavy atom. The monoisotopic (exact) mass is 548 g/mol. The van der Waals surface area contributed by atoms with Crippen LogP contribution in [0, 0.1) is 10.1 Å². The van der Waals surface area contributed by atoms with Gasteiger partial charge in [-0.1, -0.05) is 69.6 Å². The Bertz CT molecular complexity index is 961. The first-order valence-electron chi connectivity index (χ1n) is 7.72. The number of non-ortho nitro benzene ring substituents is 1. The lowest BCUT2D eigenvalue weighted by atomic mass is 10.2. The van der Waals surface area contributed by atoms with Crippen molar-refractivity contribution in [3.8, 4) is 0 Å². The SMILES string of the molecule is O=C(NC(NC(=S)Nc1c(Cl)cc(Cl)cc1Cl)C(Cl)(Cl)Cl)c1ccc([N+](=O)[O-])cc1. The number of carbonyl (C=O) groups excluding carboxylic acids is 1. The van der Waals surface area contributed by atoms with Gasteiger partial charge in [-0.05, 0) is 36.5 Å². The summed E-state index contributed by atoms with van der Waals surface area (Å²) in [4.78, 5) is 22.6. The second-order valence-electron chi connectivity index (χ2n) is 5.59. The highest BCUT2D eigenvalue weighted by atomic mass is 35.6. The smallest absolute Gasteiger partial charge is 0.269 e. The van der Waals surface area contributed by atoms with E-state index in [4.69, 9.17) is 81.8 Å². The molecule has 160 valence electrons. The van der Waals surface area contributed by atoms with Crippen LogP contribution in [0.25, 0.3) is 0 Å². The maximum absolute atomic E-state index is 12.5. The van der Waals surface area contributed by atoms with Gasteiger partial charge in [-0.15, -0.1) is 0 Å². The van der Waals surface area contributed by atoms with Gasteiger partial charge in [0.15, 0.2) is 5.11 Å². The molecule has 0 aliphatic heterocycles. The molecule has 1 unspecified atom stereocenters. The van der Waals surface area contributed by atoms with Crippen molar-refractivity contribution >= 4 is 104 Å². The topological polar surface area (TPSA) is 96.3 Å². The van der Waals surface area contributed by atoms with Gasteiger partial charge < -0.3 is 16.0 Å². The number of anilines is 1. The van der Waals surface area contributed by atoms with E-state index in [0.29, 0.717) is 5.02 Å². The van der Waals surface area contributed by atoms with Gasteiger partial charge in [0.2, 0.25) is 3.79 Å². The van der Waals surface area contributed by atoms with Gasteiger partial charge in [0.25, 0.3) is 11.6 Å². The maximum Gasteiger partial charge on any atom is 0.269 e. The number of nitro benzene ring substituents is 1. The number of hydrogen-bond acceptors (Lipinski definition) is 4. The molecule has 3 N–H and O–H groups in total. The molecule has 2 aromatic rings. The van der Waals surface area contributed by atoms with Crippen LogP contribution in [0.1, 0.15) is 10.4 Å². The molecule has 0 fully saturated rings. The number of nitrogens with zero attached hydrogens (tertiary/aromatic N) is 1. The van der Waals surface area contributed by atoms with Gasteiger partial charge in [-0.3, -0.25) is 14.9 Å². The zero-order chi connectivity index (χ0) is 22.6. The molecule has 0 aromatic heterocycles. The fourth-order valence-corrected chi connectivity index (χ4v) is 3.55. The molecule has 0 bridgehead atoms. The van der Waals surface area contributed by atoms with Crippen molar-refractivity contribution in [1.29, 1.82) is 0 Å². The van der Waals surface area contributed by atoms with Crippen LogP contribution < -0.4 is 16.0 Å². The third kappa shape index (κ3) is 6.88. The van der Waals surface area contributed by atoms with E-state index in [1.165, 1.54) is 36.4 Å². The molecule has 2 rings (SSSR count). The summed E-state index contributed by atoms with van der Waals surface area (Å²) in [5, 5.41) is 19.2. The van der Waals surface area contributed by atoms with Crippen LogP contribution in [-0.2, 0) is 0 Å². The molecule has 2 aromatic carbocycles. The molecule has 14 heteroatoms. The lowest BCUT2D eigenvalue weighted by Crippen LogP contribution is -2.56. The van der Waals surface area contributed by atoms with Gasteiger partial charge in [0, 0.05) is 22.7 Å². The average molecular weight is 551 g/mol. The standard InChI is InChI=1S/C16H10Cl6N4O3S/c17-8-5-10(18)12(11(19)6-8)23-15(30)25-14(16(20,21)22)24-13(27)7-1-3-9(4-2-7)26(28)29/h1-6,14H,(H,24,27)(H2,23,25,30). The van der Waals surface area contributed by atoms with Crippen molar-refractivity contribution in [2.45, 2.75) is 9.96 Å². The van der Waals surface area contributed by atoms with E-state index in [9.17, 15) is 14.9 Å². The number of nitrogens with one attached hydrogen (secondary N) is 3. The molecule has 0 saturated heterocycles. The molecule has 1 amide bonds. The van der Waals surface area contributed by atoms with E-state index < -0.39 is 20.8 Å². The van der Waals surface area contributed by atoms with E-state index in [1.54, 1.807) is 0 Å². The summed E-state index contributed by atoms with van der Waals surface area (Å²) in [6, 6.07) is 7.75. The molecule has 30 heavy (non-hydrogen) atoms. The molecular weight excluding hydrogens is 541 g/mol. The molecule has 0 spiro atoms. The van der Waals surface area contributed by atoms with Gasteiger partial charge in [-0.25, -0.2) is 0 Å². The number of amides is 1. The summed E-state index contributed by atoms with van der Waals surface area (Å²) in [6.07, 6.45) is -1.28. The predicted octanol–water partition coefficient (Wildman–Crippen LogP) is 5.97. The number of alkyl halides is 3. The van der Waals surface area contributed by atoms with Gasteiger partial charge >= 0.3 is 0 Å². The van der Waals surface area contributed by atoms with Gasteiger partial charge in [0.05, 0.1) is 20.7 Å². The Morgan fingerprint density at radius 1 is 1.03 bits per heavy atom. The quantitative estimate of drug-likeness (QED) is 0.140. The minimum absolute atomic E-state index is 0.0681. The molecule has 0 radical (unpaired) electrons. The van der Waals surface area contributed by atoms with Crippen LogP contribution in [0.2, 0.25) is 15.1 Å². The van der Waals surface area contributed by atoms with Crippen LogP contribution in [0.5, 0.6) is 0 Å². The van der Waals surface area contributed by atoms with Crippen molar-refractivity contribution < 1.29 is 9.72 Å². The van der Waals surface area contributed by atoms with Gasteiger partial charge in [0.1, 0.15) is 6.17 Å². The Hall–Kier alpha value is -1.26. The number of carbonyl (C=O) groups is 1. The number of thiocarbonyl (C=S) groups is 1. The first kappa shape index (κ1) is 25.0. The highest BCUT2D eigenvalue weighted by molar-refractivity contribution is 7.80. The zero-order valence-corrected chi connectivity index (χ0v) is 19.7. The number of halogens is 6. The fraction of sp³-hybridized carbons (Fsp3) is 0.125. The lowest BCUT2D eigenvalue weighted by Gasteiger charge is -2.28. The van der Waals surface area contributed by atoms with Crippen LogP contribution in [0.3, 0.4) is 0 Å². The average Bonchev–Trinajstić information content (AvgIpc) is 2.63. The van der Waals surface area contributed by atoms with E-state index in [1.807, 2.05) is 0 Å². The number of rotatable bonds is 5. The molecule has 7 nitrogen and oxygen atoms in total. The van der Waals surface area contributed by atoms with Crippen molar-refractivity contribution in [3.05, 3.63) is 67.1 Å². The highest BCUT2D eigenvalue weighted by Gasteiger charge is 2.35. The lowest BCUT2D eigenvalue weighted by molar-refractivity contribution is -0.384. The Kier molecular flexibility index (Phi) is 8.64. The molecular formula is C16H10Cl6N4O3S. The largest absolute Gasteiger partial charge is 0.339 e. The van der Waals surface area contributed by atoms with E-state index in [-0.39, 0.29) is 32.1 Å². The molecule has 0 aliphatic rings. The normalized spacial score (nSPS) is 12.1. The van der Waals surface area contributed by atoms with Crippen molar-refractivity contribution in [2.24, 2.45) is 0 Å². The van der Waals surface area contributed by atoms with Crippen molar-refractivity contribution in [1.82, 2.24) is 10.6 Å². The third-order valence-corrected chi connectivity index (χ3v) is 5.15. The minimum Gasteiger partial charge on any atom is -0.339 e. The number of hydrogen-bond donors (Lipinski definition) is 3. The van der Waals surface area contributed by atoms with E-state index in [2.05, 4.69) is 16.0 Å². The Labute approximate surface area is 206 Å². The second-order valence-corrected chi connectivity index (χ2v) is 9.62. The first-order chi connectivity index (χ1) is 13.9. The maximum atomic E-state index is 12.5.